The fourth-order valence-corrected chi connectivity index (χ4v) is 3.27. The summed E-state index contributed by atoms with van der Waals surface area (Å²) < 4.78 is 1.81. The zero-order valence-corrected chi connectivity index (χ0v) is 17.0. The first-order chi connectivity index (χ1) is 13.0. The minimum Gasteiger partial charge on any atom is -0.337 e. The first-order valence-corrected chi connectivity index (χ1v) is 9.88. The highest BCUT2D eigenvalue weighted by atomic mass is 16.2. The van der Waals surface area contributed by atoms with Gasteiger partial charge in [0.2, 0.25) is 0 Å². The molecule has 148 valence electrons. The maximum atomic E-state index is 12.2. The highest BCUT2D eigenvalue weighted by Crippen LogP contribution is 2.11. The number of hydrogen-bond donors (Lipinski definition) is 2. The van der Waals surface area contributed by atoms with E-state index >= 15 is 0 Å². The highest BCUT2D eigenvalue weighted by molar-refractivity contribution is 5.73. The summed E-state index contributed by atoms with van der Waals surface area (Å²) in [5.41, 5.74) is 1.97. The molecule has 1 aromatic heterocycles. The average molecular weight is 372 g/mol. The number of urea groups is 1. The topological polar surface area (TPSA) is 62.2 Å². The molecule has 1 unspecified atom stereocenters. The van der Waals surface area contributed by atoms with Crippen molar-refractivity contribution in [2.24, 2.45) is 5.92 Å². The van der Waals surface area contributed by atoms with Crippen LogP contribution in [0.4, 0.5) is 4.79 Å². The number of rotatable bonds is 10. The number of carbonyl (C=O) groups excluding carboxylic acids is 1. The Hall–Kier alpha value is -2.34. The molecule has 1 heterocycles. The predicted molar refractivity (Wildman–Crippen MR) is 110 cm³/mol. The molecule has 0 aliphatic heterocycles. The number of hydrogen-bond acceptors (Lipinski definition) is 3. The summed E-state index contributed by atoms with van der Waals surface area (Å²) in [6.07, 6.45) is 4.80. The average Bonchev–Trinajstić information content (AvgIpc) is 3.14. The molecular weight excluding hydrogens is 338 g/mol. The largest absolute Gasteiger partial charge is 0.337 e. The second-order valence-electron chi connectivity index (χ2n) is 7.20. The monoisotopic (exact) mass is 371 g/mol. The second-order valence-corrected chi connectivity index (χ2v) is 7.20. The van der Waals surface area contributed by atoms with Crippen molar-refractivity contribution in [1.29, 1.82) is 0 Å². The van der Waals surface area contributed by atoms with Crippen LogP contribution in [-0.2, 0) is 6.54 Å². The SMILES string of the molecule is CCN(CC)C(CNC(=O)NCc1cnn(-c2ccccc2)c1)CC(C)C. The standard InChI is InChI=1S/C21H33N5O/c1-5-25(6-2)20(12-17(3)4)15-23-21(27)22-13-18-14-24-26(16-18)19-10-8-7-9-11-19/h7-11,14,16-17,20H,5-6,12-13,15H2,1-4H3,(H2,22,23,27). The molecule has 0 spiro atoms. The summed E-state index contributed by atoms with van der Waals surface area (Å²) in [6, 6.07) is 10.2. The minimum absolute atomic E-state index is 0.136. The maximum Gasteiger partial charge on any atom is 0.315 e. The van der Waals surface area contributed by atoms with E-state index in [1.54, 1.807) is 6.20 Å². The van der Waals surface area contributed by atoms with Crippen LogP contribution in [-0.4, -0.2) is 46.4 Å². The van der Waals surface area contributed by atoms with Gasteiger partial charge >= 0.3 is 6.03 Å². The first kappa shape index (κ1) is 21.0. The van der Waals surface area contributed by atoms with Crippen LogP contribution in [0.15, 0.2) is 42.7 Å². The van der Waals surface area contributed by atoms with Gasteiger partial charge in [0, 0.05) is 30.9 Å². The van der Waals surface area contributed by atoms with Crippen molar-refractivity contribution in [2.75, 3.05) is 19.6 Å². The molecule has 2 amide bonds. The van der Waals surface area contributed by atoms with E-state index in [0.717, 1.165) is 30.8 Å². The maximum absolute atomic E-state index is 12.2. The van der Waals surface area contributed by atoms with Gasteiger partial charge in [-0.3, -0.25) is 4.90 Å². The lowest BCUT2D eigenvalue weighted by molar-refractivity contribution is 0.184. The molecule has 2 rings (SSSR count). The second kappa shape index (κ2) is 10.7. The van der Waals surface area contributed by atoms with Gasteiger partial charge in [0.15, 0.2) is 0 Å². The summed E-state index contributed by atoms with van der Waals surface area (Å²) in [6.45, 7) is 11.9. The van der Waals surface area contributed by atoms with E-state index in [1.165, 1.54) is 0 Å². The van der Waals surface area contributed by atoms with Crippen LogP contribution in [0.25, 0.3) is 5.69 Å². The van der Waals surface area contributed by atoms with Gasteiger partial charge in [-0.2, -0.15) is 5.10 Å². The summed E-state index contributed by atoms with van der Waals surface area (Å²) in [5, 5.41) is 10.3. The Morgan fingerprint density at radius 3 is 2.48 bits per heavy atom. The molecular formula is C21H33N5O. The van der Waals surface area contributed by atoms with E-state index in [1.807, 2.05) is 41.2 Å². The third-order valence-electron chi connectivity index (χ3n) is 4.68. The molecule has 6 nitrogen and oxygen atoms in total. The van der Waals surface area contributed by atoms with Crippen LogP contribution in [0.2, 0.25) is 0 Å². The Morgan fingerprint density at radius 1 is 1.15 bits per heavy atom. The van der Waals surface area contributed by atoms with Crippen molar-refractivity contribution in [2.45, 2.75) is 46.7 Å². The molecule has 27 heavy (non-hydrogen) atoms. The van der Waals surface area contributed by atoms with Gasteiger partial charge in [-0.1, -0.05) is 45.9 Å². The molecule has 6 heteroatoms. The van der Waals surface area contributed by atoms with Crippen molar-refractivity contribution < 1.29 is 4.79 Å². The van der Waals surface area contributed by atoms with E-state index in [2.05, 4.69) is 48.3 Å². The molecule has 0 aliphatic rings. The predicted octanol–water partition coefficient (Wildman–Crippen LogP) is 3.43. The molecule has 0 aliphatic carbocycles. The van der Waals surface area contributed by atoms with Gasteiger partial charge in [0.25, 0.3) is 0 Å². The first-order valence-electron chi connectivity index (χ1n) is 9.88. The Bertz CT molecular complexity index is 679. The number of nitrogens with one attached hydrogen (secondary N) is 2. The van der Waals surface area contributed by atoms with Crippen molar-refractivity contribution in [3.63, 3.8) is 0 Å². The molecule has 0 bridgehead atoms. The van der Waals surface area contributed by atoms with Gasteiger partial charge in [0.1, 0.15) is 0 Å². The lowest BCUT2D eigenvalue weighted by Gasteiger charge is -2.31. The molecule has 1 atom stereocenters. The Balaban J connectivity index is 1.82. The van der Waals surface area contributed by atoms with Crippen molar-refractivity contribution >= 4 is 6.03 Å². The minimum atomic E-state index is -0.136. The molecule has 2 N–H and O–H groups in total. The van der Waals surface area contributed by atoms with Gasteiger partial charge in [0.05, 0.1) is 11.9 Å². The molecule has 1 aromatic carbocycles. The van der Waals surface area contributed by atoms with E-state index < -0.39 is 0 Å². The smallest absolute Gasteiger partial charge is 0.315 e. The molecule has 0 fully saturated rings. The summed E-state index contributed by atoms with van der Waals surface area (Å²) in [5.74, 6) is 0.601. The van der Waals surface area contributed by atoms with E-state index in [9.17, 15) is 4.79 Å². The lowest BCUT2D eigenvalue weighted by Crippen LogP contribution is -2.46. The number of carbonyl (C=O) groups is 1. The fraction of sp³-hybridized carbons (Fsp3) is 0.524. The van der Waals surface area contributed by atoms with Gasteiger partial charge in [-0.05, 0) is 37.6 Å². The van der Waals surface area contributed by atoms with Gasteiger partial charge < -0.3 is 10.6 Å². The van der Waals surface area contributed by atoms with Crippen LogP contribution in [0, 0.1) is 5.92 Å². The number of likely N-dealkylation sites (N-methyl/N-ethyl adjacent to an activating group) is 1. The zero-order chi connectivity index (χ0) is 19.6. The summed E-state index contributed by atoms with van der Waals surface area (Å²) >= 11 is 0. The number of benzene rings is 1. The zero-order valence-electron chi connectivity index (χ0n) is 17.0. The fourth-order valence-electron chi connectivity index (χ4n) is 3.27. The van der Waals surface area contributed by atoms with Crippen molar-refractivity contribution in [1.82, 2.24) is 25.3 Å². The molecule has 2 aromatic rings. The van der Waals surface area contributed by atoms with Gasteiger partial charge in [-0.15, -0.1) is 0 Å². The lowest BCUT2D eigenvalue weighted by atomic mass is 10.0. The van der Waals surface area contributed by atoms with E-state index in [-0.39, 0.29) is 6.03 Å². The Kier molecular flexibility index (Phi) is 8.33. The number of nitrogens with zero attached hydrogens (tertiary/aromatic N) is 3. The molecule has 0 saturated heterocycles. The van der Waals surface area contributed by atoms with E-state index in [0.29, 0.717) is 25.0 Å². The summed E-state index contributed by atoms with van der Waals surface area (Å²) in [4.78, 5) is 14.6. The number of aromatic nitrogens is 2. The van der Waals surface area contributed by atoms with Crippen molar-refractivity contribution in [3.05, 3.63) is 48.3 Å². The van der Waals surface area contributed by atoms with Crippen LogP contribution >= 0.6 is 0 Å². The third kappa shape index (κ3) is 6.71. The molecule has 0 radical (unpaired) electrons. The van der Waals surface area contributed by atoms with Crippen LogP contribution in [0.5, 0.6) is 0 Å². The van der Waals surface area contributed by atoms with Gasteiger partial charge in [-0.25, -0.2) is 9.48 Å². The van der Waals surface area contributed by atoms with E-state index in [4.69, 9.17) is 0 Å². The summed E-state index contributed by atoms with van der Waals surface area (Å²) in [7, 11) is 0. The quantitative estimate of drug-likeness (QED) is 0.673. The number of para-hydroxylation sites is 1. The Morgan fingerprint density at radius 2 is 1.85 bits per heavy atom. The highest BCUT2D eigenvalue weighted by Gasteiger charge is 2.18. The van der Waals surface area contributed by atoms with Crippen LogP contribution < -0.4 is 10.6 Å². The normalized spacial score (nSPS) is 12.4. The van der Waals surface area contributed by atoms with Crippen LogP contribution in [0.3, 0.4) is 0 Å². The number of amides is 2. The van der Waals surface area contributed by atoms with Crippen molar-refractivity contribution in [3.8, 4) is 5.69 Å². The Labute approximate surface area is 162 Å². The third-order valence-corrected chi connectivity index (χ3v) is 4.68. The molecule has 0 saturated carbocycles. The van der Waals surface area contributed by atoms with Crippen LogP contribution in [0.1, 0.15) is 39.7 Å².